The van der Waals surface area contributed by atoms with Crippen molar-refractivity contribution >= 4 is 35.2 Å². The van der Waals surface area contributed by atoms with Gasteiger partial charge in [-0.05, 0) is 24.5 Å². The van der Waals surface area contributed by atoms with Crippen molar-refractivity contribution in [2.75, 3.05) is 18.8 Å². The molecular formula is C15H18ClNO3S. The second-order valence-corrected chi connectivity index (χ2v) is 6.47. The molecule has 1 N–H and O–H groups in total. The summed E-state index contributed by atoms with van der Waals surface area (Å²) in [6.45, 7) is 1.09. The second kappa shape index (κ2) is 7.71. The third kappa shape index (κ3) is 4.64. The van der Waals surface area contributed by atoms with Crippen LogP contribution in [0.5, 0.6) is 0 Å². The van der Waals surface area contributed by atoms with Crippen LogP contribution in [0.2, 0.25) is 5.02 Å². The molecular weight excluding hydrogens is 310 g/mol. The minimum atomic E-state index is -0.754. The van der Waals surface area contributed by atoms with E-state index in [0.717, 1.165) is 10.6 Å². The van der Waals surface area contributed by atoms with Crippen LogP contribution in [0.15, 0.2) is 24.3 Å². The van der Waals surface area contributed by atoms with Gasteiger partial charge < -0.3 is 10.0 Å². The molecule has 4 nitrogen and oxygen atoms in total. The topological polar surface area (TPSA) is 57.6 Å². The predicted octanol–water partition coefficient (Wildman–Crippen LogP) is 2.90. The number of carboxylic acids is 1. The van der Waals surface area contributed by atoms with Crippen molar-refractivity contribution in [2.24, 2.45) is 5.92 Å². The second-order valence-electron chi connectivity index (χ2n) is 5.08. The Hall–Kier alpha value is -1.20. The van der Waals surface area contributed by atoms with Gasteiger partial charge in [0.05, 0.1) is 11.7 Å². The van der Waals surface area contributed by atoms with Gasteiger partial charge in [-0.3, -0.25) is 9.59 Å². The molecule has 1 aromatic carbocycles. The molecule has 21 heavy (non-hydrogen) atoms. The highest BCUT2D eigenvalue weighted by atomic mass is 35.5. The average Bonchev–Trinajstić information content (AvgIpc) is 2.49. The average molecular weight is 328 g/mol. The fraction of sp³-hybridized carbons (Fsp3) is 0.467. The van der Waals surface area contributed by atoms with E-state index >= 15 is 0 Å². The standard InChI is InChI=1S/C15H18ClNO3S/c16-13-4-2-1-3-12(13)9-21-10-14(18)17-7-5-11(6-8-17)15(19)20/h1-4,11H,5-10H2,(H,19,20). The molecule has 1 aliphatic heterocycles. The van der Waals surface area contributed by atoms with E-state index in [4.69, 9.17) is 16.7 Å². The summed E-state index contributed by atoms with van der Waals surface area (Å²) < 4.78 is 0. The van der Waals surface area contributed by atoms with Gasteiger partial charge >= 0.3 is 5.97 Å². The summed E-state index contributed by atoms with van der Waals surface area (Å²) in [6, 6.07) is 7.61. The first-order chi connectivity index (χ1) is 10.1. The van der Waals surface area contributed by atoms with Crippen molar-refractivity contribution < 1.29 is 14.7 Å². The fourth-order valence-corrected chi connectivity index (χ4v) is 3.54. The summed E-state index contributed by atoms with van der Waals surface area (Å²) in [6.07, 6.45) is 1.10. The zero-order valence-corrected chi connectivity index (χ0v) is 13.2. The fourth-order valence-electron chi connectivity index (χ4n) is 2.33. The van der Waals surface area contributed by atoms with E-state index in [1.165, 1.54) is 11.8 Å². The zero-order chi connectivity index (χ0) is 15.2. The maximum Gasteiger partial charge on any atom is 0.306 e. The molecule has 0 bridgehead atoms. The largest absolute Gasteiger partial charge is 0.481 e. The molecule has 1 amide bonds. The molecule has 0 unspecified atom stereocenters. The summed E-state index contributed by atoms with van der Waals surface area (Å²) in [4.78, 5) is 24.7. The number of carbonyl (C=O) groups excluding carboxylic acids is 1. The van der Waals surface area contributed by atoms with Crippen LogP contribution in [0, 0.1) is 5.92 Å². The van der Waals surface area contributed by atoms with Gasteiger partial charge in [0.15, 0.2) is 0 Å². The lowest BCUT2D eigenvalue weighted by molar-refractivity contribution is -0.145. The molecule has 114 valence electrons. The van der Waals surface area contributed by atoms with Crippen LogP contribution in [0.25, 0.3) is 0 Å². The molecule has 1 aliphatic rings. The van der Waals surface area contributed by atoms with Gasteiger partial charge in [-0.2, -0.15) is 0 Å². The van der Waals surface area contributed by atoms with Crippen LogP contribution in [0.3, 0.4) is 0 Å². The van der Waals surface area contributed by atoms with Crippen LogP contribution in [0.1, 0.15) is 18.4 Å². The number of aliphatic carboxylic acids is 1. The van der Waals surface area contributed by atoms with E-state index in [2.05, 4.69) is 0 Å². The van der Waals surface area contributed by atoms with Crippen molar-refractivity contribution in [1.82, 2.24) is 4.90 Å². The van der Waals surface area contributed by atoms with E-state index in [-0.39, 0.29) is 11.8 Å². The lowest BCUT2D eigenvalue weighted by Crippen LogP contribution is -2.41. The highest BCUT2D eigenvalue weighted by Crippen LogP contribution is 2.22. The number of rotatable bonds is 5. The maximum atomic E-state index is 12.1. The Balaban J connectivity index is 1.73. The van der Waals surface area contributed by atoms with E-state index < -0.39 is 5.97 Å². The molecule has 2 rings (SSSR count). The third-order valence-corrected chi connectivity index (χ3v) is 4.97. The smallest absolute Gasteiger partial charge is 0.306 e. The molecule has 1 heterocycles. The minimum Gasteiger partial charge on any atom is -0.481 e. The van der Waals surface area contributed by atoms with Crippen LogP contribution < -0.4 is 0 Å². The van der Waals surface area contributed by atoms with Crippen molar-refractivity contribution in [3.63, 3.8) is 0 Å². The number of carboxylic acid groups (broad SMARTS) is 1. The van der Waals surface area contributed by atoms with Crippen molar-refractivity contribution in [3.05, 3.63) is 34.9 Å². The summed E-state index contributed by atoms with van der Waals surface area (Å²) in [5.74, 6) is 0.135. The Labute approximate surface area is 133 Å². The monoisotopic (exact) mass is 327 g/mol. The molecule has 0 saturated carbocycles. The number of carbonyl (C=O) groups is 2. The van der Waals surface area contributed by atoms with Crippen molar-refractivity contribution in [2.45, 2.75) is 18.6 Å². The number of hydrogen-bond acceptors (Lipinski definition) is 3. The first-order valence-electron chi connectivity index (χ1n) is 6.89. The normalized spacial score (nSPS) is 16.0. The summed E-state index contributed by atoms with van der Waals surface area (Å²) in [7, 11) is 0. The van der Waals surface area contributed by atoms with Crippen LogP contribution >= 0.6 is 23.4 Å². The van der Waals surface area contributed by atoms with E-state index in [0.29, 0.717) is 37.4 Å². The Kier molecular flexibility index (Phi) is 5.94. The van der Waals surface area contributed by atoms with Gasteiger partial charge in [0, 0.05) is 23.9 Å². The van der Waals surface area contributed by atoms with Gasteiger partial charge in [0.1, 0.15) is 0 Å². The highest BCUT2D eigenvalue weighted by Gasteiger charge is 2.26. The van der Waals surface area contributed by atoms with E-state index in [1.807, 2.05) is 24.3 Å². The highest BCUT2D eigenvalue weighted by molar-refractivity contribution is 7.99. The maximum absolute atomic E-state index is 12.1. The number of thioether (sulfide) groups is 1. The number of likely N-dealkylation sites (tertiary alicyclic amines) is 1. The number of benzene rings is 1. The molecule has 0 spiro atoms. The first kappa shape index (κ1) is 16.2. The van der Waals surface area contributed by atoms with Gasteiger partial charge in [-0.25, -0.2) is 0 Å². The Morgan fingerprint density at radius 2 is 1.95 bits per heavy atom. The lowest BCUT2D eigenvalue weighted by atomic mass is 9.97. The van der Waals surface area contributed by atoms with Crippen molar-refractivity contribution in [3.8, 4) is 0 Å². The lowest BCUT2D eigenvalue weighted by Gasteiger charge is -2.30. The number of nitrogens with zero attached hydrogens (tertiary/aromatic N) is 1. The molecule has 0 aliphatic carbocycles. The quantitative estimate of drug-likeness (QED) is 0.903. The van der Waals surface area contributed by atoms with E-state index in [1.54, 1.807) is 4.90 Å². The van der Waals surface area contributed by atoms with Crippen LogP contribution in [0.4, 0.5) is 0 Å². The van der Waals surface area contributed by atoms with Crippen LogP contribution in [-0.2, 0) is 15.3 Å². The number of amides is 1. The molecule has 1 fully saturated rings. The number of piperidine rings is 1. The molecule has 1 aromatic rings. The minimum absolute atomic E-state index is 0.0795. The number of halogens is 1. The molecule has 0 aromatic heterocycles. The molecule has 6 heteroatoms. The summed E-state index contributed by atoms with van der Waals surface area (Å²) in [5.41, 5.74) is 1.03. The molecule has 0 atom stereocenters. The molecule has 1 saturated heterocycles. The summed E-state index contributed by atoms with van der Waals surface area (Å²) >= 11 is 7.61. The Morgan fingerprint density at radius 3 is 2.57 bits per heavy atom. The van der Waals surface area contributed by atoms with Gasteiger partial charge in [0.2, 0.25) is 5.91 Å². The SMILES string of the molecule is O=C(O)C1CCN(C(=O)CSCc2ccccc2Cl)CC1. The van der Waals surface area contributed by atoms with Gasteiger partial charge in [-0.15, -0.1) is 11.8 Å². The predicted molar refractivity (Wildman–Crippen MR) is 84.6 cm³/mol. The summed E-state index contributed by atoms with van der Waals surface area (Å²) in [5, 5.41) is 9.66. The van der Waals surface area contributed by atoms with Gasteiger partial charge in [0.25, 0.3) is 0 Å². The Bertz CT molecular complexity index is 515. The Morgan fingerprint density at radius 1 is 1.29 bits per heavy atom. The zero-order valence-electron chi connectivity index (χ0n) is 11.6. The van der Waals surface area contributed by atoms with Crippen molar-refractivity contribution in [1.29, 1.82) is 0 Å². The molecule has 0 radical (unpaired) electrons. The van der Waals surface area contributed by atoms with E-state index in [9.17, 15) is 9.59 Å². The number of hydrogen-bond donors (Lipinski definition) is 1. The van der Waals surface area contributed by atoms with Gasteiger partial charge in [-0.1, -0.05) is 29.8 Å². The first-order valence-corrected chi connectivity index (χ1v) is 8.43. The third-order valence-electron chi connectivity index (χ3n) is 3.64. The van der Waals surface area contributed by atoms with Crippen LogP contribution in [-0.4, -0.2) is 40.7 Å².